The van der Waals surface area contributed by atoms with E-state index in [1.54, 1.807) is 24.3 Å². The average Bonchev–Trinajstić information content (AvgIpc) is 2.69. The highest BCUT2D eigenvalue weighted by Gasteiger charge is 2.14. The Labute approximate surface area is 160 Å². The molecule has 1 aliphatic rings. The molecule has 3 rings (SSSR count). The molecule has 1 saturated heterocycles. The smallest absolute Gasteiger partial charge is 0.246 e. The molecule has 5 nitrogen and oxygen atoms in total. The van der Waals surface area contributed by atoms with Gasteiger partial charge in [-0.1, -0.05) is 0 Å². The molecule has 1 heterocycles. The summed E-state index contributed by atoms with van der Waals surface area (Å²) in [4.78, 5) is 26.1. The van der Waals surface area contributed by atoms with Gasteiger partial charge in [0.2, 0.25) is 5.91 Å². The van der Waals surface area contributed by atoms with Gasteiger partial charge >= 0.3 is 0 Å². The van der Waals surface area contributed by atoms with Crippen molar-refractivity contribution in [2.45, 2.75) is 39.2 Å². The summed E-state index contributed by atoms with van der Waals surface area (Å²) >= 11 is 0. The fraction of sp³-hybridized carbons (Fsp3) is 0.364. The molecule has 0 unspecified atom stereocenters. The standard InChI is InChI=1S/C22H27N3O2/c1-16(22(27)24-20-8-6-18(7-9-20)17(2)26)23-19-10-12-21(13-11-19)25-14-4-3-5-15-25/h6-13,16,23H,3-5,14-15H2,1-2H3,(H,24,27)/t16-/m1/s1. The molecule has 0 aliphatic carbocycles. The zero-order chi connectivity index (χ0) is 19.2. The average molecular weight is 365 g/mol. The van der Waals surface area contributed by atoms with Gasteiger partial charge < -0.3 is 15.5 Å². The molecule has 5 heteroatoms. The number of anilines is 3. The summed E-state index contributed by atoms with van der Waals surface area (Å²) in [6.45, 7) is 5.59. The molecule has 1 amide bonds. The Kier molecular flexibility index (Phi) is 6.12. The topological polar surface area (TPSA) is 61.4 Å². The second-order valence-corrected chi connectivity index (χ2v) is 7.08. The normalized spacial score (nSPS) is 15.1. The lowest BCUT2D eigenvalue weighted by Crippen LogP contribution is -2.32. The lowest BCUT2D eigenvalue weighted by molar-refractivity contribution is -0.116. The number of nitrogens with zero attached hydrogens (tertiary/aromatic N) is 1. The number of hydrogen-bond donors (Lipinski definition) is 2. The second kappa shape index (κ2) is 8.71. The van der Waals surface area contributed by atoms with Crippen molar-refractivity contribution in [1.82, 2.24) is 0 Å². The van der Waals surface area contributed by atoms with Crippen LogP contribution in [0.2, 0.25) is 0 Å². The van der Waals surface area contributed by atoms with Crippen molar-refractivity contribution in [2.24, 2.45) is 0 Å². The van der Waals surface area contributed by atoms with E-state index in [9.17, 15) is 9.59 Å². The Hall–Kier alpha value is -2.82. The van der Waals surface area contributed by atoms with Crippen molar-refractivity contribution in [2.75, 3.05) is 28.6 Å². The molecule has 1 fully saturated rings. The molecule has 1 aliphatic heterocycles. The number of nitrogens with one attached hydrogen (secondary N) is 2. The third-order valence-electron chi connectivity index (χ3n) is 4.92. The van der Waals surface area contributed by atoms with Gasteiger partial charge in [0.15, 0.2) is 5.78 Å². The lowest BCUT2D eigenvalue weighted by atomic mass is 10.1. The van der Waals surface area contributed by atoms with Gasteiger partial charge in [-0.15, -0.1) is 0 Å². The summed E-state index contributed by atoms with van der Waals surface area (Å²) in [5.74, 6) is -0.110. The van der Waals surface area contributed by atoms with E-state index in [4.69, 9.17) is 0 Å². The van der Waals surface area contributed by atoms with E-state index in [0.29, 0.717) is 11.3 Å². The zero-order valence-electron chi connectivity index (χ0n) is 16.0. The van der Waals surface area contributed by atoms with Crippen LogP contribution in [0.25, 0.3) is 0 Å². The highest BCUT2D eigenvalue weighted by Crippen LogP contribution is 2.22. The maximum atomic E-state index is 12.4. The van der Waals surface area contributed by atoms with E-state index >= 15 is 0 Å². The summed E-state index contributed by atoms with van der Waals surface area (Å²) in [6, 6.07) is 14.8. The molecule has 0 spiro atoms. The maximum Gasteiger partial charge on any atom is 0.246 e. The van der Waals surface area contributed by atoms with Crippen molar-refractivity contribution in [3.63, 3.8) is 0 Å². The number of carbonyl (C=O) groups is 2. The number of ketones is 1. The summed E-state index contributed by atoms with van der Waals surface area (Å²) in [5.41, 5.74) is 3.47. The van der Waals surface area contributed by atoms with Crippen LogP contribution in [0.3, 0.4) is 0 Å². The summed E-state index contributed by atoms with van der Waals surface area (Å²) in [5, 5.41) is 6.11. The third kappa shape index (κ3) is 5.09. The number of amides is 1. The van der Waals surface area contributed by atoms with Gasteiger partial charge in [-0.3, -0.25) is 9.59 Å². The minimum absolute atomic E-state index is 0.0101. The predicted octanol–water partition coefficient (Wildman–Crippen LogP) is 4.32. The van der Waals surface area contributed by atoms with Crippen LogP contribution >= 0.6 is 0 Å². The highest BCUT2D eigenvalue weighted by atomic mass is 16.2. The SMILES string of the molecule is CC(=O)c1ccc(NC(=O)[C@@H](C)Nc2ccc(N3CCCCC3)cc2)cc1. The molecule has 2 aromatic rings. The number of hydrogen-bond acceptors (Lipinski definition) is 4. The summed E-state index contributed by atoms with van der Waals surface area (Å²) < 4.78 is 0. The largest absolute Gasteiger partial charge is 0.374 e. The van der Waals surface area contributed by atoms with E-state index in [1.165, 1.54) is 31.9 Å². The Morgan fingerprint density at radius 2 is 1.48 bits per heavy atom. The van der Waals surface area contributed by atoms with Gasteiger partial charge in [0, 0.05) is 35.7 Å². The van der Waals surface area contributed by atoms with Crippen LogP contribution < -0.4 is 15.5 Å². The minimum Gasteiger partial charge on any atom is -0.374 e. The Morgan fingerprint density at radius 1 is 0.889 bits per heavy atom. The second-order valence-electron chi connectivity index (χ2n) is 7.08. The van der Waals surface area contributed by atoms with E-state index in [2.05, 4.69) is 27.7 Å². The van der Waals surface area contributed by atoms with Gasteiger partial charge in [-0.05, 0) is 81.6 Å². The van der Waals surface area contributed by atoms with Gasteiger partial charge in [0.25, 0.3) is 0 Å². The molecule has 0 bridgehead atoms. The van der Waals surface area contributed by atoms with E-state index < -0.39 is 0 Å². The maximum absolute atomic E-state index is 12.4. The fourth-order valence-corrected chi connectivity index (χ4v) is 3.27. The number of Topliss-reactive ketones (excluding diaryl/α,β-unsaturated/α-hetero) is 1. The molecule has 0 saturated carbocycles. The van der Waals surface area contributed by atoms with E-state index in [1.807, 2.05) is 19.1 Å². The number of piperidine rings is 1. The highest BCUT2D eigenvalue weighted by molar-refractivity contribution is 5.97. The van der Waals surface area contributed by atoms with Crippen molar-refractivity contribution >= 4 is 28.8 Å². The first kappa shape index (κ1) is 19.0. The van der Waals surface area contributed by atoms with Gasteiger partial charge in [0.1, 0.15) is 6.04 Å². The molecular formula is C22H27N3O2. The zero-order valence-corrected chi connectivity index (χ0v) is 16.0. The molecule has 142 valence electrons. The monoisotopic (exact) mass is 365 g/mol. The van der Waals surface area contributed by atoms with Crippen LogP contribution in [0, 0.1) is 0 Å². The first-order valence-corrected chi connectivity index (χ1v) is 9.56. The fourth-order valence-electron chi connectivity index (χ4n) is 3.27. The van der Waals surface area contributed by atoms with Crippen molar-refractivity contribution < 1.29 is 9.59 Å². The van der Waals surface area contributed by atoms with Crippen LogP contribution in [0.15, 0.2) is 48.5 Å². The molecule has 2 N–H and O–H groups in total. The van der Waals surface area contributed by atoms with Crippen LogP contribution in [0.1, 0.15) is 43.5 Å². The van der Waals surface area contributed by atoms with E-state index in [-0.39, 0.29) is 17.7 Å². The van der Waals surface area contributed by atoms with Crippen molar-refractivity contribution in [3.05, 3.63) is 54.1 Å². The first-order valence-electron chi connectivity index (χ1n) is 9.56. The Balaban J connectivity index is 1.55. The summed E-state index contributed by atoms with van der Waals surface area (Å²) in [7, 11) is 0. The van der Waals surface area contributed by atoms with Crippen molar-refractivity contribution in [1.29, 1.82) is 0 Å². The Morgan fingerprint density at radius 3 is 2.07 bits per heavy atom. The van der Waals surface area contributed by atoms with Gasteiger partial charge in [-0.2, -0.15) is 0 Å². The first-order chi connectivity index (χ1) is 13.0. The minimum atomic E-state index is -0.377. The van der Waals surface area contributed by atoms with Gasteiger partial charge in [0.05, 0.1) is 0 Å². The van der Waals surface area contributed by atoms with Crippen LogP contribution in [0.5, 0.6) is 0 Å². The summed E-state index contributed by atoms with van der Waals surface area (Å²) in [6.07, 6.45) is 3.83. The molecule has 0 radical (unpaired) electrons. The molecule has 0 aromatic heterocycles. The predicted molar refractivity (Wildman–Crippen MR) is 111 cm³/mol. The van der Waals surface area contributed by atoms with Crippen LogP contribution in [0.4, 0.5) is 17.1 Å². The molecule has 2 aromatic carbocycles. The molecule has 1 atom stereocenters. The number of rotatable bonds is 6. The van der Waals surface area contributed by atoms with Gasteiger partial charge in [-0.25, -0.2) is 0 Å². The third-order valence-corrected chi connectivity index (χ3v) is 4.92. The number of carbonyl (C=O) groups excluding carboxylic acids is 2. The quantitative estimate of drug-likeness (QED) is 0.749. The molecule has 27 heavy (non-hydrogen) atoms. The lowest BCUT2D eigenvalue weighted by Gasteiger charge is -2.29. The molecular weight excluding hydrogens is 338 g/mol. The van der Waals surface area contributed by atoms with Crippen LogP contribution in [-0.4, -0.2) is 30.8 Å². The number of benzene rings is 2. The Bertz CT molecular complexity index is 778. The van der Waals surface area contributed by atoms with E-state index in [0.717, 1.165) is 18.8 Å². The van der Waals surface area contributed by atoms with Crippen LogP contribution in [-0.2, 0) is 4.79 Å². The van der Waals surface area contributed by atoms with Crippen molar-refractivity contribution in [3.8, 4) is 0 Å².